The second-order valence-electron chi connectivity index (χ2n) is 5.91. The van der Waals surface area contributed by atoms with E-state index in [0.29, 0.717) is 0 Å². The van der Waals surface area contributed by atoms with E-state index in [9.17, 15) is 0 Å². The van der Waals surface area contributed by atoms with E-state index in [4.69, 9.17) is 0 Å². The molecule has 122 valence electrons. The molecule has 0 nitrogen and oxygen atoms in total. The SMILES string of the molecule is C=CCc1ccc(-c2ccc(-c3ccc(-c4cccs4)s3)cc2)cc1. The summed E-state index contributed by atoms with van der Waals surface area (Å²) < 4.78 is 0. The zero-order valence-electron chi connectivity index (χ0n) is 13.8. The molecule has 0 atom stereocenters. The van der Waals surface area contributed by atoms with Gasteiger partial charge in [-0.25, -0.2) is 0 Å². The minimum Gasteiger partial charge on any atom is -0.143 e. The van der Waals surface area contributed by atoms with Crippen molar-refractivity contribution >= 4 is 22.7 Å². The molecule has 0 spiro atoms. The Labute approximate surface area is 156 Å². The molecule has 2 heteroatoms. The van der Waals surface area contributed by atoms with Gasteiger partial charge < -0.3 is 0 Å². The first-order chi connectivity index (χ1) is 12.3. The fraction of sp³-hybridized carbons (Fsp3) is 0.0435. The van der Waals surface area contributed by atoms with E-state index in [0.717, 1.165) is 6.42 Å². The number of hydrogen-bond acceptors (Lipinski definition) is 2. The van der Waals surface area contributed by atoms with Crippen LogP contribution in [0.2, 0.25) is 0 Å². The average Bonchev–Trinajstić information content (AvgIpc) is 3.34. The minimum absolute atomic E-state index is 0.921. The molecule has 2 aromatic carbocycles. The van der Waals surface area contributed by atoms with Crippen LogP contribution in [-0.4, -0.2) is 0 Å². The predicted octanol–water partition coefficient (Wildman–Crippen LogP) is 7.54. The van der Waals surface area contributed by atoms with Gasteiger partial charge in [-0.1, -0.05) is 60.7 Å². The molecule has 2 heterocycles. The zero-order chi connectivity index (χ0) is 17.1. The Kier molecular flexibility index (Phi) is 4.64. The smallest absolute Gasteiger partial charge is 0.0449 e. The number of rotatable bonds is 5. The van der Waals surface area contributed by atoms with Crippen LogP contribution in [0.4, 0.5) is 0 Å². The summed E-state index contributed by atoms with van der Waals surface area (Å²) in [5.74, 6) is 0. The lowest BCUT2D eigenvalue weighted by Crippen LogP contribution is -1.82. The molecule has 4 aromatic rings. The number of hydrogen-bond donors (Lipinski definition) is 0. The van der Waals surface area contributed by atoms with Gasteiger partial charge in [0.25, 0.3) is 0 Å². The Hall–Kier alpha value is -2.42. The molecule has 0 bridgehead atoms. The Morgan fingerprint density at radius 2 is 1.32 bits per heavy atom. The summed E-state index contributed by atoms with van der Waals surface area (Å²) in [4.78, 5) is 4.00. The van der Waals surface area contributed by atoms with E-state index in [1.54, 1.807) is 11.3 Å². The van der Waals surface area contributed by atoms with Crippen LogP contribution in [0.15, 0.2) is 90.8 Å². The van der Waals surface area contributed by atoms with E-state index >= 15 is 0 Å². The number of thiophene rings is 2. The van der Waals surface area contributed by atoms with E-state index < -0.39 is 0 Å². The van der Waals surface area contributed by atoms with Crippen molar-refractivity contribution in [2.24, 2.45) is 0 Å². The van der Waals surface area contributed by atoms with Crippen molar-refractivity contribution in [1.82, 2.24) is 0 Å². The lowest BCUT2D eigenvalue weighted by atomic mass is 10.0. The monoisotopic (exact) mass is 358 g/mol. The van der Waals surface area contributed by atoms with Crippen LogP contribution in [0.5, 0.6) is 0 Å². The fourth-order valence-electron chi connectivity index (χ4n) is 2.87. The lowest BCUT2D eigenvalue weighted by molar-refractivity contribution is 1.28. The molecular formula is C23H18S2. The van der Waals surface area contributed by atoms with E-state index in [2.05, 4.69) is 84.8 Å². The highest BCUT2D eigenvalue weighted by Gasteiger charge is 2.06. The summed E-state index contributed by atoms with van der Waals surface area (Å²) in [6.07, 6.45) is 2.86. The second kappa shape index (κ2) is 7.22. The van der Waals surface area contributed by atoms with Crippen molar-refractivity contribution in [3.63, 3.8) is 0 Å². The summed E-state index contributed by atoms with van der Waals surface area (Å²) in [5, 5.41) is 2.13. The molecule has 0 radical (unpaired) electrons. The molecule has 0 fully saturated rings. The molecule has 0 aliphatic rings. The highest BCUT2D eigenvalue weighted by atomic mass is 32.1. The first kappa shape index (κ1) is 16.1. The van der Waals surface area contributed by atoms with Gasteiger partial charge >= 0.3 is 0 Å². The minimum atomic E-state index is 0.921. The molecule has 25 heavy (non-hydrogen) atoms. The molecule has 0 N–H and O–H groups in total. The first-order valence-electron chi connectivity index (χ1n) is 8.28. The van der Waals surface area contributed by atoms with Crippen molar-refractivity contribution in [1.29, 1.82) is 0 Å². The maximum Gasteiger partial charge on any atom is 0.0449 e. The Morgan fingerprint density at radius 1 is 0.680 bits per heavy atom. The summed E-state index contributed by atoms with van der Waals surface area (Å²) in [7, 11) is 0. The van der Waals surface area contributed by atoms with Crippen LogP contribution in [0.25, 0.3) is 31.3 Å². The van der Waals surface area contributed by atoms with Gasteiger partial charge in [0.05, 0.1) is 0 Å². The molecule has 0 saturated heterocycles. The predicted molar refractivity (Wildman–Crippen MR) is 112 cm³/mol. The average molecular weight is 359 g/mol. The van der Waals surface area contributed by atoms with Gasteiger partial charge in [-0.05, 0) is 52.3 Å². The summed E-state index contributed by atoms with van der Waals surface area (Å²) in [6, 6.07) is 26.3. The molecule has 0 amide bonds. The molecular weight excluding hydrogens is 340 g/mol. The summed E-state index contributed by atoms with van der Waals surface area (Å²) in [5.41, 5.74) is 5.09. The third-order valence-corrected chi connectivity index (χ3v) is 6.41. The van der Waals surface area contributed by atoms with Crippen molar-refractivity contribution in [3.05, 3.63) is 96.4 Å². The highest BCUT2D eigenvalue weighted by molar-refractivity contribution is 7.23. The van der Waals surface area contributed by atoms with Crippen LogP contribution < -0.4 is 0 Å². The van der Waals surface area contributed by atoms with Crippen molar-refractivity contribution in [3.8, 4) is 31.3 Å². The van der Waals surface area contributed by atoms with Crippen LogP contribution in [0.1, 0.15) is 5.56 Å². The number of allylic oxidation sites excluding steroid dienone is 1. The quantitative estimate of drug-likeness (QED) is 0.323. The van der Waals surface area contributed by atoms with Crippen molar-refractivity contribution in [2.75, 3.05) is 0 Å². The van der Waals surface area contributed by atoms with Gasteiger partial charge in [-0.15, -0.1) is 29.3 Å². The second-order valence-corrected chi connectivity index (χ2v) is 7.94. The third-order valence-electron chi connectivity index (χ3n) is 4.21. The largest absolute Gasteiger partial charge is 0.143 e. The summed E-state index contributed by atoms with van der Waals surface area (Å²) in [6.45, 7) is 3.79. The van der Waals surface area contributed by atoms with Crippen LogP contribution in [0.3, 0.4) is 0 Å². The van der Waals surface area contributed by atoms with Gasteiger partial charge in [-0.3, -0.25) is 0 Å². The van der Waals surface area contributed by atoms with Crippen molar-refractivity contribution < 1.29 is 0 Å². The molecule has 0 aliphatic carbocycles. The van der Waals surface area contributed by atoms with Crippen LogP contribution >= 0.6 is 22.7 Å². The first-order valence-corrected chi connectivity index (χ1v) is 9.97. The van der Waals surface area contributed by atoms with Crippen LogP contribution in [0, 0.1) is 0 Å². The molecule has 0 unspecified atom stereocenters. The molecule has 2 aromatic heterocycles. The van der Waals surface area contributed by atoms with Gasteiger partial charge in [0.15, 0.2) is 0 Å². The van der Waals surface area contributed by atoms with E-state index in [1.807, 2.05) is 17.4 Å². The highest BCUT2D eigenvalue weighted by Crippen LogP contribution is 2.37. The lowest BCUT2D eigenvalue weighted by Gasteiger charge is -2.05. The molecule has 0 saturated carbocycles. The summed E-state index contributed by atoms with van der Waals surface area (Å²) >= 11 is 3.65. The van der Waals surface area contributed by atoms with Crippen LogP contribution in [-0.2, 0) is 6.42 Å². The zero-order valence-corrected chi connectivity index (χ0v) is 15.4. The van der Waals surface area contributed by atoms with E-state index in [-0.39, 0.29) is 0 Å². The van der Waals surface area contributed by atoms with Gasteiger partial charge in [0.1, 0.15) is 0 Å². The molecule has 0 aliphatic heterocycles. The molecule has 4 rings (SSSR count). The Bertz CT molecular complexity index is 956. The third kappa shape index (κ3) is 3.51. The van der Waals surface area contributed by atoms with Gasteiger partial charge in [-0.2, -0.15) is 0 Å². The maximum atomic E-state index is 3.79. The van der Waals surface area contributed by atoms with Crippen molar-refractivity contribution in [2.45, 2.75) is 6.42 Å². The number of benzene rings is 2. The van der Waals surface area contributed by atoms with Gasteiger partial charge in [0, 0.05) is 14.6 Å². The normalized spacial score (nSPS) is 10.7. The standard InChI is InChI=1S/C23H18S2/c1-2-4-17-6-8-18(9-7-17)19-10-12-20(13-11-19)21-14-15-23(25-21)22-5-3-16-24-22/h2-3,5-16H,1,4H2. The van der Waals surface area contributed by atoms with E-state index in [1.165, 1.54) is 36.9 Å². The fourth-order valence-corrected chi connectivity index (χ4v) is 4.72. The maximum absolute atomic E-state index is 3.79. The Morgan fingerprint density at radius 3 is 1.96 bits per heavy atom. The van der Waals surface area contributed by atoms with Gasteiger partial charge in [0.2, 0.25) is 0 Å². The Balaban J connectivity index is 1.56. The topological polar surface area (TPSA) is 0 Å².